The summed E-state index contributed by atoms with van der Waals surface area (Å²) in [4.78, 5) is 15.2. The average Bonchev–Trinajstić information content (AvgIpc) is 2.38. The minimum absolute atomic E-state index is 0.160. The Kier molecular flexibility index (Phi) is 8.39. The lowest BCUT2D eigenvalue weighted by Crippen LogP contribution is -1.98. The van der Waals surface area contributed by atoms with Crippen molar-refractivity contribution in [3.8, 4) is 18.4 Å². The number of rotatable bonds is 4. The van der Waals surface area contributed by atoms with Crippen LogP contribution in [-0.2, 0) is 0 Å². The third-order valence-electron chi connectivity index (χ3n) is 1.53. The van der Waals surface area contributed by atoms with Gasteiger partial charge in [0.2, 0.25) is 0 Å². The first-order valence-electron chi connectivity index (χ1n) is 5.10. The molecule has 0 spiro atoms. The van der Waals surface area contributed by atoms with Crippen molar-refractivity contribution in [3.05, 3.63) is 24.5 Å². The Morgan fingerprint density at radius 2 is 2.11 bits per heavy atom. The van der Waals surface area contributed by atoms with Gasteiger partial charge in [0.25, 0.3) is 0 Å². The largest absolute Gasteiger partial charge is 0.450 e. The molecule has 0 aliphatic rings. The second kappa shape index (κ2) is 9.73. The normalized spacial score (nSPS) is 8.94. The smallest absolute Gasteiger partial charge is 0.317 e. The molecule has 1 aromatic heterocycles. The summed E-state index contributed by atoms with van der Waals surface area (Å²) in [5.41, 5.74) is 1.36. The molecule has 1 heterocycles. The number of aromatic nitrogens is 2. The highest BCUT2D eigenvalue weighted by molar-refractivity contribution is 5.70. The van der Waals surface area contributed by atoms with E-state index in [2.05, 4.69) is 39.2 Å². The molecule has 0 amide bonds. The second-order valence-corrected chi connectivity index (χ2v) is 2.90. The van der Waals surface area contributed by atoms with Crippen molar-refractivity contribution in [2.75, 3.05) is 13.7 Å². The Labute approximate surface area is 107 Å². The first-order valence-corrected chi connectivity index (χ1v) is 5.10. The van der Waals surface area contributed by atoms with Gasteiger partial charge in [0, 0.05) is 31.2 Å². The first kappa shape index (κ1) is 15.5. The number of ether oxygens (including phenoxy) is 1. The molecule has 0 saturated heterocycles. The minimum atomic E-state index is 0.160. The average molecular weight is 244 g/mol. The Bertz CT molecular complexity index is 443. The summed E-state index contributed by atoms with van der Waals surface area (Å²) < 4.78 is 5.02. The van der Waals surface area contributed by atoms with Crippen molar-refractivity contribution in [3.63, 3.8) is 0 Å². The van der Waals surface area contributed by atoms with Gasteiger partial charge in [-0.2, -0.15) is 0 Å². The maximum absolute atomic E-state index is 5.03. The van der Waals surface area contributed by atoms with Gasteiger partial charge in [0.1, 0.15) is 0 Å². The van der Waals surface area contributed by atoms with Crippen LogP contribution in [0.1, 0.15) is 12.5 Å². The van der Waals surface area contributed by atoms with Crippen molar-refractivity contribution in [1.29, 1.82) is 0 Å². The van der Waals surface area contributed by atoms with Crippen molar-refractivity contribution in [2.45, 2.75) is 6.92 Å². The van der Waals surface area contributed by atoms with E-state index in [1.54, 1.807) is 25.7 Å². The van der Waals surface area contributed by atoms with E-state index >= 15 is 0 Å². The van der Waals surface area contributed by atoms with Gasteiger partial charge in [0.15, 0.2) is 6.61 Å². The van der Waals surface area contributed by atoms with E-state index in [4.69, 9.17) is 11.2 Å². The van der Waals surface area contributed by atoms with Gasteiger partial charge in [0.05, 0.1) is 5.70 Å². The Morgan fingerprint density at radius 3 is 2.56 bits per heavy atom. The lowest BCUT2D eigenvalue weighted by Gasteiger charge is -2.01. The van der Waals surface area contributed by atoms with E-state index in [1.807, 2.05) is 6.92 Å². The van der Waals surface area contributed by atoms with Gasteiger partial charge >= 0.3 is 6.01 Å². The Hall–Kier alpha value is -2.48. The summed E-state index contributed by atoms with van der Waals surface area (Å²) in [6, 6.07) is 0.255. The van der Waals surface area contributed by atoms with Crippen LogP contribution in [0.2, 0.25) is 0 Å². The third-order valence-corrected chi connectivity index (χ3v) is 1.53. The molecular formula is C13H16N4O. The molecule has 18 heavy (non-hydrogen) atoms. The fourth-order valence-corrected chi connectivity index (χ4v) is 0.876. The molecule has 1 rings (SSSR count). The van der Waals surface area contributed by atoms with Gasteiger partial charge in [-0.05, 0) is 13.6 Å². The lowest BCUT2D eigenvalue weighted by atomic mass is 10.3. The molecule has 0 N–H and O–H groups in total. The predicted octanol–water partition coefficient (Wildman–Crippen LogP) is 1.87. The third kappa shape index (κ3) is 6.18. The van der Waals surface area contributed by atoms with Crippen LogP contribution in [0.25, 0.3) is 5.70 Å². The zero-order valence-corrected chi connectivity index (χ0v) is 10.6. The van der Waals surface area contributed by atoms with E-state index in [0.29, 0.717) is 5.70 Å². The summed E-state index contributed by atoms with van der Waals surface area (Å²) in [5, 5.41) is 0. The van der Waals surface area contributed by atoms with Crippen LogP contribution in [0, 0.1) is 12.3 Å². The van der Waals surface area contributed by atoms with E-state index < -0.39 is 0 Å². The number of nitrogens with zero attached hydrogens (tertiary/aromatic N) is 4. The molecule has 0 unspecified atom stereocenters. The number of hydrogen-bond donors (Lipinski definition) is 0. The van der Waals surface area contributed by atoms with Crippen molar-refractivity contribution in [2.24, 2.45) is 9.98 Å². The van der Waals surface area contributed by atoms with Crippen molar-refractivity contribution >= 4 is 18.6 Å². The van der Waals surface area contributed by atoms with Crippen LogP contribution in [-0.4, -0.2) is 36.6 Å². The monoisotopic (exact) mass is 244 g/mol. The van der Waals surface area contributed by atoms with Gasteiger partial charge in [-0.25, -0.2) is 9.97 Å². The molecule has 5 heteroatoms. The molecule has 0 atom stereocenters. The summed E-state index contributed by atoms with van der Waals surface area (Å²) in [5.74, 6) is 2.33. The molecule has 94 valence electrons. The van der Waals surface area contributed by atoms with Crippen LogP contribution < -0.4 is 4.74 Å². The minimum Gasteiger partial charge on any atom is -0.450 e. The summed E-state index contributed by atoms with van der Waals surface area (Å²) >= 11 is 0. The second-order valence-electron chi connectivity index (χ2n) is 2.90. The molecule has 0 fully saturated rings. The van der Waals surface area contributed by atoms with Gasteiger partial charge in [-0.1, -0.05) is 12.5 Å². The van der Waals surface area contributed by atoms with E-state index in [1.165, 1.54) is 0 Å². The van der Waals surface area contributed by atoms with Crippen LogP contribution in [0.5, 0.6) is 6.01 Å². The van der Waals surface area contributed by atoms with Crippen LogP contribution >= 0.6 is 0 Å². The molecule has 0 aliphatic heterocycles. The Morgan fingerprint density at radius 1 is 1.56 bits per heavy atom. The van der Waals surface area contributed by atoms with Crippen molar-refractivity contribution < 1.29 is 4.74 Å². The number of hydrogen-bond acceptors (Lipinski definition) is 5. The Balaban J connectivity index is 0.000000873. The molecular weight excluding hydrogens is 228 g/mol. The molecule has 5 nitrogen and oxygen atoms in total. The van der Waals surface area contributed by atoms with Crippen molar-refractivity contribution in [1.82, 2.24) is 9.97 Å². The highest BCUT2D eigenvalue weighted by Gasteiger charge is 1.99. The highest BCUT2D eigenvalue weighted by Crippen LogP contribution is 2.12. The quantitative estimate of drug-likeness (QED) is 0.600. The topological polar surface area (TPSA) is 59.7 Å². The number of terminal acetylenes is 1. The first-order chi connectivity index (χ1) is 8.69. The standard InChI is InChI=1S/C11H11N3O.C2H5N/c1-4-6-15-11-13-7-10(8-14-11)9(3)12-5-2;1-3-2/h1,5,7-8H,3,6H2,2H3;1H2,2H3. The summed E-state index contributed by atoms with van der Waals surface area (Å²) in [6.07, 6.45) is 9.87. The van der Waals surface area contributed by atoms with Crippen LogP contribution in [0.4, 0.5) is 0 Å². The summed E-state index contributed by atoms with van der Waals surface area (Å²) in [7, 11) is 1.64. The predicted molar refractivity (Wildman–Crippen MR) is 75.0 cm³/mol. The SMILES string of the molecule is C#CCOc1ncc(C(=C)N=CC)cn1.C=NC. The zero-order chi connectivity index (χ0) is 13.8. The van der Waals surface area contributed by atoms with Gasteiger partial charge in [-0.3, -0.25) is 4.99 Å². The molecule has 1 aromatic rings. The van der Waals surface area contributed by atoms with Crippen LogP contribution in [0.3, 0.4) is 0 Å². The van der Waals surface area contributed by atoms with Gasteiger partial charge in [-0.15, -0.1) is 6.42 Å². The zero-order valence-electron chi connectivity index (χ0n) is 10.6. The maximum atomic E-state index is 5.03. The lowest BCUT2D eigenvalue weighted by molar-refractivity contribution is 0.339. The summed E-state index contributed by atoms with van der Waals surface area (Å²) in [6.45, 7) is 8.84. The van der Waals surface area contributed by atoms with E-state index in [0.717, 1.165) is 5.56 Å². The van der Waals surface area contributed by atoms with Gasteiger partial charge < -0.3 is 9.73 Å². The molecule has 0 bridgehead atoms. The molecule has 0 saturated carbocycles. The molecule has 0 aromatic carbocycles. The maximum Gasteiger partial charge on any atom is 0.317 e. The fraction of sp³-hybridized carbons (Fsp3) is 0.231. The van der Waals surface area contributed by atoms with E-state index in [-0.39, 0.29) is 12.6 Å². The fourth-order valence-electron chi connectivity index (χ4n) is 0.876. The number of aliphatic imine (C=N–C) groups is 2. The molecule has 0 radical (unpaired) electrons. The molecule has 0 aliphatic carbocycles. The van der Waals surface area contributed by atoms with E-state index in [9.17, 15) is 0 Å². The van der Waals surface area contributed by atoms with Crippen LogP contribution in [0.15, 0.2) is 29.0 Å². The highest BCUT2D eigenvalue weighted by atomic mass is 16.5.